The summed E-state index contributed by atoms with van der Waals surface area (Å²) in [5, 5.41) is 4.26. The van der Waals surface area contributed by atoms with E-state index >= 15 is 0 Å². The Morgan fingerprint density at radius 2 is 1.71 bits per heavy atom. The van der Waals surface area contributed by atoms with Gasteiger partial charge in [-0.15, -0.1) is 0 Å². The van der Waals surface area contributed by atoms with Gasteiger partial charge in [0, 0.05) is 48.6 Å². The Balaban J connectivity index is 1.54. The van der Waals surface area contributed by atoms with E-state index in [1.54, 1.807) is 21.9 Å². The van der Waals surface area contributed by atoms with E-state index in [1.165, 1.54) is 30.0 Å². The molecule has 3 aromatic rings. The van der Waals surface area contributed by atoms with E-state index in [0.717, 1.165) is 12.1 Å². The van der Waals surface area contributed by atoms with Crippen LogP contribution in [0.25, 0.3) is 5.69 Å². The van der Waals surface area contributed by atoms with Gasteiger partial charge in [-0.25, -0.2) is 9.07 Å². The largest absolute Gasteiger partial charge is 0.497 e. The fraction of sp³-hybridized carbons (Fsp3) is 0.250. The van der Waals surface area contributed by atoms with Crippen LogP contribution in [0.2, 0.25) is 0 Å². The number of halogens is 1. The third-order valence-corrected chi connectivity index (χ3v) is 6.13. The molecule has 1 saturated heterocycles. The second-order valence-corrected chi connectivity index (χ2v) is 8.17. The van der Waals surface area contributed by atoms with Crippen LogP contribution in [0.4, 0.5) is 15.8 Å². The molecule has 34 heavy (non-hydrogen) atoms. The number of aromatic nitrogens is 2. The molecular formula is C24H22FN5O4. The maximum absolute atomic E-state index is 14.2. The summed E-state index contributed by atoms with van der Waals surface area (Å²) in [5.41, 5.74) is 7.73. The summed E-state index contributed by atoms with van der Waals surface area (Å²) in [6.45, 7) is 0.989. The highest BCUT2D eigenvalue weighted by atomic mass is 19.1. The first-order chi connectivity index (χ1) is 16.4. The molecule has 10 heteroatoms. The van der Waals surface area contributed by atoms with Crippen molar-refractivity contribution < 1.29 is 23.5 Å². The number of nitrogens with zero attached hydrogens (tertiary/aromatic N) is 4. The molecule has 0 bridgehead atoms. The third kappa shape index (κ3) is 3.57. The number of hydrogen-bond acceptors (Lipinski definition) is 5. The fourth-order valence-electron chi connectivity index (χ4n) is 4.51. The summed E-state index contributed by atoms with van der Waals surface area (Å²) < 4.78 is 20.6. The number of fused-ring (bicyclic) bond motifs is 1. The molecule has 1 fully saturated rings. The minimum Gasteiger partial charge on any atom is -0.497 e. The van der Waals surface area contributed by atoms with Crippen molar-refractivity contribution in [2.75, 3.05) is 30.0 Å². The molecule has 9 nitrogen and oxygen atoms in total. The van der Waals surface area contributed by atoms with Crippen LogP contribution in [0.1, 0.15) is 39.4 Å². The molecule has 0 unspecified atom stereocenters. The predicted molar refractivity (Wildman–Crippen MR) is 122 cm³/mol. The fourth-order valence-corrected chi connectivity index (χ4v) is 4.51. The van der Waals surface area contributed by atoms with Crippen molar-refractivity contribution in [3.63, 3.8) is 0 Å². The topological polar surface area (TPSA) is 111 Å². The molecule has 1 aromatic heterocycles. The first-order valence-electron chi connectivity index (χ1n) is 10.9. The van der Waals surface area contributed by atoms with Crippen molar-refractivity contribution >= 4 is 29.1 Å². The highest BCUT2D eigenvalue weighted by molar-refractivity contribution is 6.09. The molecule has 0 saturated carbocycles. The number of primary amides is 1. The van der Waals surface area contributed by atoms with Crippen LogP contribution < -0.4 is 20.3 Å². The van der Waals surface area contributed by atoms with Crippen molar-refractivity contribution in [1.29, 1.82) is 0 Å². The summed E-state index contributed by atoms with van der Waals surface area (Å²) in [6, 6.07) is 11.1. The minimum absolute atomic E-state index is 0.0193. The van der Waals surface area contributed by atoms with E-state index in [1.807, 2.05) is 12.1 Å². The summed E-state index contributed by atoms with van der Waals surface area (Å²) in [5.74, 6) is -1.41. The molecule has 3 heterocycles. The van der Waals surface area contributed by atoms with Crippen LogP contribution in [-0.2, 0) is 11.2 Å². The third-order valence-electron chi connectivity index (χ3n) is 6.13. The van der Waals surface area contributed by atoms with Gasteiger partial charge in [0.15, 0.2) is 5.69 Å². The van der Waals surface area contributed by atoms with Gasteiger partial charge in [0.05, 0.1) is 12.8 Å². The van der Waals surface area contributed by atoms with E-state index in [9.17, 15) is 18.8 Å². The lowest BCUT2D eigenvalue weighted by Crippen LogP contribution is -2.39. The molecule has 2 aliphatic rings. The highest BCUT2D eigenvalue weighted by Gasteiger charge is 2.35. The predicted octanol–water partition coefficient (Wildman–Crippen LogP) is 2.45. The maximum Gasteiger partial charge on any atom is 0.277 e. The van der Waals surface area contributed by atoms with Crippen molar-refractivity contribution in [2.24, 2.45) is 5.73 Å². The standard InChI is InChI=1S/C24H22FN5O4/c1-34-18-12-14(25)11-17(13-18)30-22-19(21(27-30)23(26)32)8-10-29(24(22)33)16-6-4-15(5-7-16)28-9-2-3-20(28)31/h4-7,11-13H,2-3,8-10H2,1H3,(H2,26,32). The molecule has 0 radical (unpaired) electrons. The molecule has 2 aromatic carbocycles. The summed E-state index contributed by atoms with van der Waals surface area (Å²) in [4.78, 5) is 41.0. The zero-order valence-electron chi connectivity index (χ0n) is 18.5. The van der Waals surface area contributed by atoms with E-state index in [-0.39, 0.29) is 28.7 Å². The van der Waals surface area contributed by atoms with Gasteiger partial charge in [-0.3, -0.25) is 14.4 Å². The van der Waals surface area contributed by atoms with Gasteiger partial charge in [0.1, 0.15) is 17.3 Å². The molecule has 2 N–H and O–H groups in total. The molecule has 5 rings (SSSR count). The molecule has 0 spiro atoms. The lowest BCUT2D eigenvalue weighted by atomic mass is 10.0. The zero-order chi connectivity index (χ0) is 24.0. The Hall–Kier alpha value is -4.21. The van der Waals surface area contributed by atoms with E-state index < -0.39 is 17.6 Å². The Morgan fingerprint density at radius 3 is 2.32 bits per heavy atom. The van der Waals surface area contributed by atoms with Gasteiger partial charge in [0.2, 0.25) is 5.91 Å². The molecule has 3 amide bonds. The zero-order valence-corrected chi connectivity index (χ0v) is 18.5. The minimum atomic E-state index is -0.765. The van der Waals surface area contributed by atoms with Gasteiger partial charge in [-0.05, 0) is 43.2 Å². The van der Waals surface area contributed by atoms with E-state index in [0.29, 0.717) is 37.2 Å². The average Bonchev–Trinajstić information content (AvgIpc) is 3.43. The Kier molecular flexibility index (Phi) is 5.27. The number of anilines is 2. The molecular weight excluding hydrogens is 441 g/mol. The first-order valence-corrected chi connectivity index (χ1v) is 10.9. The second kappa shape index (κ2) is 8.29. The van der Waals surface area contributed by atoms with Crippen LogP contribution in [0, 0.1) is 5.82 Å². The number of hydrogen-bond donors (Lipinski definition) is 1. The Bertz CT molecular complexity index is 1320. The van der Waals surface area contributed by atoms with Gasteiger partial charge in [0.25, 0.3) is 11.8 Å². The number of rotatable bonds is 5. The van der Waals surface area contributed by atoms with Crippen LogP contribution in [0.3, 0.4) is 0 Å². The Morgan fingerprint density at radius 1 is 1.00 bits per heavy atom. The van der Waals surface area contributed by atoms with Crippen LogP contribution >= 0.6 is 0 Å². The average molecular weight is 463 g/mol. The first kappa shape index (κ1) is 21.6. The van der Waals surface area contributed by atoms with Gasteiger partial charge >= 0.3 is 0 Å². The van der Waals surface area contributed by atoms with Crippen LogP contribution in [0.15, 0.2) is 42.5 Å². The number of ether oxygens (including phenoxy) is 1. The molecule has 0 aliphatic carbocycles. The number of nitrogens with two attached hydrogens (primary N) is 1. The smallest absolute Gasteiger partial charge is 0.277 e. The lowest BCUT2D eigenvalue weighted by molar-refractivity contribution is -0.117. The molecule has 174 valence electrons. The lowest BCUT2D eigenvalue weighted by Gasteiger charge is -2.28. The van der Waals surface area contributed by atoms with Gasteiger partial charge < -0.3 is 20.3 Å². The maximum atomic E-state index is 14.2. The van der Waals surface area contributed by atoms with Crippen molar-refractivity contribution in [3.05, 3.63) is 65.2 Å². The highest BCUT2D eigenvalue weighted by Crippen LogP contribution is 2.31. The molecule has 0 atom stereocenters. The second-order valence-electron chi connectivity index (χ2n) is 8.17. The summed E-state index contributed by atoms with van der Waals surface area (Å²) in [6.07, 6.45) is 1.70. The van der Waals surface area contributed by atoms with Crippen molar-refractivity contribution in [3.8, 4) is 11.4 Å². The van der Waals surface area contributed by atoms with Gasteiger partial charge in [-0.2, -0.15) is 5.10 Å². The summed E-state index contributed by atoms with van der Waals surface area (Å²) in [7, 11) is 1.40. The van der Waals surface area contributed by atoms with Gasteiger partial charge in [-0.1, -0.05) is 0 Å². The monoisotopic (exact) mass is 463 g/mol. The number of carbonyl (C=O) groups is 3. The number of carbonyl (C=O) groups excluding carboxylic acids is 3. The number of benzene rings is 2. The number of amides is 3. The molecule has 2 aliphatic heterocycles. The van der Waals surface area contributed by atoms with Crippen molar-refractivity contribution in [1.82, 2.24) is 9.78 Å². The van der Waals surface area contributed by atoms with Crippen molar-refractivity contribution in [2.45, 2.75) is 19.3 Å². The normalized spacial score (nSPS) is 15.6. The van der Waals surface area contributed by atoms with Crippen LogP contribution in [-0.4, -0.2) is 47.7 Å². The summed E-state index contributed by atoms with van der Waals surface area (Å²) >= 11 is 0. The SMILES string of the molecule is COc1cc(F)cc(-n2nc(C(N)=O)c3c2C(=O)N(c2ccc(N4CCCC4=O)cc2)CC3)c1. The van der Waals surface area contributed by atoms with Crippen LogP contribution in [0.5, 0.6) is 5.75 Å². The van der Waals surface area contributed by atoms with E-state index in [2.05, 4.69) is 5.10 Å². The number of methoxy groups -OCH3 is 1. The Labute approximate surface area is 194 Å². The van der Waals surface area contributed by atoms with E-state index in [4.69, 9.17) is 10.5 Å². The quantitative estimate of drug-likeness (QED) is 0.625.